The Hall–Kier alpha value is -6.35. The van der Waals surface area contributed by atoms with E-state index in [0.29, 0.717) is 55.7 Å². The Morgan fingerprint density at radius 1 is 0.659 bits per heavy atom. The molecule has 5 nitrogen and oxygen atoms in total. The molecule has 2 aliphatic rings. The minimum atomic E-state index is -4.84. The Labute approximate surface area is 251 Å². The molecule has 0 aliphatic heterocycles. The molecule has 0 amide bonds. The van der Waals surface area contributed by atoms with Crippen LogP contribution in [0.15, 0.2) is 96.3 Å². The van der Waals surface area contributed by atoms with Gasteiger partial charge in [0.1, 0.15) is 5.75 Å². The Morgan fingerprint density at radius 3 is 1.45 bits per heavy atom. The molecule has 0 N–H and O–H groups in total. The van der Waals surface area contributed by atoms with E-state index in [4.69, 9.17) is 13.1 Å². The molecule has 0 spiro atoms. The van der Waals surface area contributed by atoms with Gasteiger partial charge in [0.05, 0.1) is 25.3 Å². The van der Waals surface area contributed by atoms with E-state index < -0.39 is 6.36 Å². The highest BCUT2D eigenvalue weighted by molar-refractivity contribution is 6.39. The second-order valence-electron chi connectivity index (χ2n) is 10.0. The molecule has 8 heteroatoms. The maximum Gasteiger partial charge on any atom is 0.573 e. The van der Waals surface area contributed by atoms with E-state index in [1.807, 2.05) is 55.5 Å². The van der Waals surface area contributed by atoms with Crippen LogP contribution in [-0.2, 0) is 0 Å². The largest absolute Gasteiger partial charge is 0.573 e. The van der Waals surface area contributed by atoms with E-state index in [-0.39, 0.29) is 17.1 Å². The van der Waals surface area contributed by atoms with Gasteiger partial charge in [-0.2, -0.15) is 0 Å². The van der Waals surface area contributed by atoms with Crippen LogP contribution < -0.4 is 4.74 Å². The van der Waals surface area contributed by atoms with Crippen LogP contribution >= 0.6 is 0 Å². The summed E-state index contributed by atoms with van der Waals surface area (Å²) in [5.41, 5.74) is 7.87. The number of halogens is 3. The molecule has 0 saturated carbocycles. The molecule has 0 atom stereocenters. The van der Waals surface area contributed by atoms with E-state index in [9.17, 15) is 23.7 Å². The van der Waals surface area contributed by atoms with E-state index >= 15 is 0 Å². The number of ether oxygens (including phenoxy) is 1. The summed E-state index contributed by atoms with van der Waals surface area (Å²) in [6, 6.07) is 28.2. The van der Waals surface area contributed by atoms with Crippen molar-refractivity contribution >= 4 is 22.3 Å². The van der Waals surface area contributed by atoms with Gasteiger partial charge in [-0.1, -0.05) is 78.4 Å². The van der Waals surface area contributed by atoms with Crippen LogP contribution in [0.4, 0.5) is 13.2 Å². The highest BCUT2D eigenvalue weighted by Gasteiger charge is 2.41. The van der Waals surface area contributed by atoms with Crippen molar-refractivity contribution in [3.63, 3.8) is 0 Å². The van der Waals surface area contributed by atoms with Gasteiger partial charge in [-0.3, -0.25) is 0 Å². The van der Waals surface area contributed by atoms with Crippen molar-refractivity contribution in [3.05, 3.63) is 147 Å². The van der Waals surface area contributed by atoms with Gasteiger partial charge in [0.25, 0.3) is 11.4 Å². The predicted molar refractivity (Wildman–Crippen MR) is 160 cm³/mol. The number of benzene rings is 4. The summed E-state index contributed by atoms with van der Waals surface area (Å²) >= 11 is 0. The second kappa shape index (κ2) is 10.5. The maximum absolute atomic E-state index is 12.8. The minimum absolute atomic E-state index is 0.136. The minimum Gasteiger partial charge on any atom is -0.406 e. The lowest BCUT2D eigenvalue weighted by Gasteiger charge is -2.19. The number of nitrogens with zero attached hydrogens (tertiary/aromatic N) is 4. The van der Waals surface area contributed by atoms with Crippen LogP contribution in [0.1, 0.15) is 27.8 Å². The molecule has 4 aromatic carbocycles. The van der Waals surface area contributed by atoms with Crippen LogP contribution in [-0.4, -0.2) is 6.36 Å². The smallest absolute Gasteiger partial charge is 0.406 e. The van der Waals surface area contributed by atoms with Gasteiger partial charge in [-0.15, -0.1) is 13.2 Å². The van der Waals surface area contributed by atoms with Crippen LogP contribution in [0.2, 0.25) is 0 Å². The molecule has 0 bridgehead atoms. The third-order valence-electron chi connectivity index (χ3n) is 7.59. The zero-order valence-electron chi connectivity index (χ0n) is 22.9. The lowest BCUT2D eigenvalue weighted by Crippen LogP contribution is -2.16. The van der Waals surface area contributed by atoms with Crippen molar-refractivity contribution in [2.24, 2.45) is 0 Å². The fourth-order valence-corrected chi connectivity index (χ4v) is 5.90. The van der Waals surface area contributed by atoms with Crippen molar-refractivity contribution in [2.45, 2.75) is 13.3 Å². The number of aryl methyl sites for hydroxylation is 1. The number of allylic oxidation sites excluding steroid dienone is 6. The topological polar surface area (TPSA) is 65.5 Å². The standard InChI is InChI=1S/C36H17F3N4O/c1-20-10-12-21(13-11-20)24-6-4-8-26-30(24)34(28(18-40)42-2)33-27-9-5-7-25(31(27)35(32(26)33)29(19-41)43-3)22-14-16-23(17-15-22)44-36(37,38)39/h4-17H,1H3/b34-28+,35-29-. The molecule has 0 radical (unpaired) electrons. The number of fused-ring (bicyclic) bond motifs is 4. The average molecular weight is 579 g/mol. The first-order chi connectivity index (χ1) is 21.2. The lowest BCUT2D eigenvalue weighted by atomic mass is 9.84. The van der Waals surface area contributed by atoms with Crippen molar-refractivity contribution in [1.82, 2.24) is 0 Å². The Morgan fingerprint density at radius 2 is 1.07 bits per heavy atom. The Kier molecular flexibility index (Phi) is 6.63. The zero-order chi connectivity index (χ0) is 31.2. The van der Waals surface area contributed by atoms with Gasteiger partial charge in [0.15, 0.2) is 0 Å². The number of hydrogen-bond acceptors (Lipinski definition) is 3. The van der Waals surface area contributed by atoms with Gasteiger partial charge in [-0.25, -0.2) is 20.2 Å². The SMILES string of the molecule is [C-]#[N+]/C(C#N)=C1C2=C(/C(=C(\C#N)[N+]#[C-])c3c2cccc3-c2ccc(C)cc2)c2cccc(-c3ccc(OC(F)(F)F)cc3)c2\1. The van der Waals surface area contributed by atoms with Crippen LogP contribution in [0, 0.1) is 42.7 Å². The number of hydrogen-bond donors (Lipinski definition) is 0. The Bertz CT molecular complexity index is 2130. The summed E-state index contributed by atoms with van der Waals surface area (Å²) in [6.07, 6.45) is -4.84. The van der Waals surface area contributed by atoms with Gasteiger partial charge in [0.2, 0.25) is 0 Å². The Balaban J connectivity index is 1.66. The van der Waals surface area contributed by atoms with Crippen molar-refractivity contribution in [1.29, 1.82) is 10.5 Å². The van der Waals surface area contributed by atoms with Gasteiger partial charge in [-0.05, 0) is 74.7 Å². The van der Waals surface area contributed by atoms with Crippen LogP contribution in [0.3, 0.4) is 0 Å². The van der Waals surface area contributed by atoms with Crippen LogP contribution in [0.25, 0.3) is 54.2 Å². The number of alkyl halides is 3. The average Bonchev–Trinajstić information content (AvgIpc) is 3.52. The first kappa shape index (κ1) is 27.8. The molecule has 208 valence electrons. The molecule has 0 aromatic heterocycles. The van der Waals surface area contributed by atoms with E-state index in [0.717, 1.165) is 16.7 Å². The summed E-state index contributed by atoms with van der Waals surface area (Å²) in [5, 5.41) is 20.3. The van der Waals surface area contributed by atoms with Crippen molar-refractivity contribution in [2.75, 3.05) is 0 Å². The summed E-state index contributed by atoms with van der Waals surface area (Å²) in [6.45, 7) is 17.7. The first-order valence-electron chi connectivity index (χ1n) is 13.2. The third-order valence-corrected chi connectivity index (χ3v) is 7.59. The summed E-state index contributed by atoms with van der Waals surface area (Å²) in [7, 11) is 0. The van der Waals surface area contributed by atoms with Crippen LogP contribution in [0.5, 0.6) is 5.75 Å². The van der Waals surface area contributed by atoms with E-state index in [1.54, 1.807) is 18.2 Å². The molecular weight excluding hydrogens is 561 g/mol. The van der Waals surface area contributed by atoms with E-state index in [1.165, 1.54) is 24.3 Å². The van der Waals surface area contributed by atoms with Crippen molar-refractivity contribution < 1.29 is 17.9 Å². The fourth-order valence-electron chi connectivity index (χ4n) is 5.90. The molecule has 2 aliphatic carbocycles. The molecule has 4 aromatic rings. The van der Waals surface area contributed by atoms with Gasteiger partial charge < -0.3 is 4.74 Å². The fraction of sp³-hybridized carbons (Fsp3) is 0.0556. The molecule has 6 rings (SSSR count). The molecule has 0 unspecified atom stereocenters. The highest BCUT2D eigenvalue weighted by atomic mass is 19.4. The van der Waals surface area contributed by atoms with E-state index in [2.05, 4.69) is 20.5 Å². The molecule has 0 heterocycles. The summed E-state index contributed by atoms with van der Waals surface area (Å²) in [4.78, 5) is 7.14. The maximum atomic E-state index is 12.8. The normalized spacial score (nSPS) is 15.2. The van der Waals surface area contributed by atoms with Gasteiger partial charge in [0, 0.05) is 11.1 Å². The molecule has 0 saturated heterocycles. The lowest BCUT2D eigenvalue weighted by molar-refractivity contribution is -0.274. The zero-order valence-corrected chi connectivity index (χ0v) is 22.9. The number of nitriles is 2. The van der Waals surface area contributed by atoms with Crippen molar-refractivity contribution in [3.8, 4) is 40.1 Å². The predicted octanol–water partition coefficient (Wildman–Crippen LogP) is 9.47. The molecule has 44 heavy (non-hydrogen) atoms. The second-order valence-corrected chi connectivity index (χ2v) is 10.0. The molecule has 0 fully saturated rings. The molecular formula is C36H17F3N4O. The monoisotopic (exact) mass is 578 g/mol. The van der Waals surface area contributed by atoms with Gasteiger partial charge >= 0.3 is 6.36 Å². The third kappa shape index (κ3) is 4.40. The first-order valence-corrected chi connectivity index (χ1v) is 13.2. The quantitative estimate of drug-likeness (QED) is 0.180. The summed E-state index contributed by atoms with van der Waals surface area (Å²) in [5.74, 6) is -0.386. The number of rotatable bonds is 3. The summed E-state index contributed by atoms with van der Waals surface area (Å²) < 4.78 is 42.4. The highest BCUT2D eigenvalue weighted by Crippen LogP contribution is 2.62.